The van der Waals surface area contributed by atoms with Gasteiger partial charge in [-0.05, 0) is 26.0 Å². The second-order valence-electron chi connectivity index (χ2n) is 8.05. The van der Waals surface area contributed by atoms with Crippen LogP contribution in [0.4, 0.5) is 11.5 Å². The molecule has 1 fully saturated rings. The molecule has 0 saturated carbocycles. The van der Waals surface area contributed by atoms with Crippen LogP contribution in [0.25, 0.3) is 11.6 Å². The Bertz CT molecular complexity index is 1130. The number of carboxylic acids is 1. The lowest BCUT2D eigenvalue weighted by atomic mass is 9.98. The minimum atomic E-state index is -0.733. The second kappa shape index (κ2) is 7.57. The third kappa shape index (κ3) is 3.56. The number of fused-ring (bicyclic) bond motifs is 1. The van der Waals surface area contributed by atoms with Crippen LogP contribution in [0, 0.1) is 12.8 Å². The Hall–Kier alpha value is -3.62. The number of aliphatic carboxylic acids is 1. The van der Waals surface area contributed by atoms with Crippen molar-refractivity contribution in [1.29, 1.82) is 0 Å². The van der Waals surface area contributed by atoms with E-state index in [9.17, 15) is 4.79 Å². The summed E-state index contributed by atoms with van der Waals surface area (Å²) >= 11 is 0. The van der Waals surface area contributed by atoms with Crippen LogP contribution in [0.1, 0.15) is 29.9 Å². The van der Waals surface area contributed by atoms with Gasteiger partial charge in [0.15, 0.2) is 11.6 Å². The predicted octanol–water partition coefficient (Wildman–Crippen LogP) is 2.28. The van der Waals surface area contributed by atoms with Crippen LogP contribution in [0.15, 0.2) is 36.8 Å². The number of hydrogen-bond donors (Lipinski definition) is 1. The monoisotopic (exact) mass is 417 g/mol. The first kappa shape index (κ1) is 19.3. The zero-order valence-corrected chi connectivity index (χ0v) is 17.4. The molecule has 0 bridgehead atoms. The molecule has 5 rings (SSSR count). The number of hydrogen-bond acceptors (Lipinski definition) is 8. The van der Waals surface area contributed by atoms with Gasteiger partial charge in [-0.2, -0.15) is 0 Å². The smallest absolute Gasteiger partial charge is 0.310 e. The van der Waals surface area contributed by atoms with Crippen molar-refractivity contribution in [2.45, 2.75) is 26.3 Å². The molecule has 2 aliphatic heterocycles. The number of nitrogens with zero attached hydrogens (tertiary/aromatic N) is 7. The van der Waals surface area contributed by atoms with Crippen molar-refractivity contribution >= 4 is 17.5 Å². The predicted molar refractivity (Wildman–Crippen MR) is 115 cm³/mol. The van der Waals surface area contributed by atoms with Gasteiger partial charge in [0.05, 0.1) is 17.7 Å². The van der Waals surface area contributed by atoms with Gasteiger partial charge in [0, 0.05) is 67.7 Å². The Balaban J connectivity index is 1.40. The standard InChI is InChI=1S/C22H23N7O2/c1-13-8-16(28-11-15(12-28)22(30)31)9-19(26-13)29-7-4-18-17(14(29)2)10-25-21(27-18)20-23-5-3-6-24-20/h3,5-6,8-10,14-15H,4,7,11-12H2,1-2H3,(H,30,31). The highest BCUT2D eigenvalue weighted by atomic mass is 16.4. The number of carbonyl (C=O) groups is 1. The van der Waals surface area contributed by atoms with Gasteiger partial charge < -0.3 is 14.9 Å². The summed E-state index contributed by atoms with van der Waals surface area (Å²) in [5, 5.41) is 9.16. The molecule has 1 unspecified atom stereocenters. The molecule has 5 heterocycles. The molecule has 158 valence electrons. The molecule has 1 saturated heterocycles. The molecule has 31 heavy (non-hydrogen) atoms. The van der Waals surface area contributed by atoms with E-state index < -0.39 is 5.97 Å². The zero-order valence-electron chi connectivity index (χ0n) is 17.4. The molecule has 1 N–H and O–H groups in total. The van der Waals surface area contributed by atoms with E-state index in [1.54, 1.807) is 18.5 Å². The van der Waals surface area contributed by atoms with Crippen molar-refractivity contribution in [3.8, 4) is 11.6 Å². The first-order valence-electron chi connectivity index (χ1n) is 10.4. The van der Waals surface area contributed by atoms with Gasteiger partial charge in [-0.25, -0.2) is 24.9 Å². The average molecular weight is 417 g/mol. The minimum Gasteiger partial charge on any atom is -0.481 e. The number of rotatable bonds is 4. The van der Waals surface area contributed by atoms with Crippen LogP contribution in [-0.4, -0.2) is 55.6 Å². The maximum atomic E-state index is 11.1. The fourth-order valence-corrected chi connectivity index (χ4v) is 4.21. The van der Waals surface area contributed by atoms with Crippen molar-refractivity contribution in [1.82, 2.24) is 24.9 Å². The molecule has 0 radical (unpaired) electrons. The lowest BCUT2D eigenvalue weighted by molar-refractivity contribution is -0.142. The fourth-order valence-electron chi connectivity index (χ4n) is 4.21. The molecule has 2 aliphatic rings. The molecule has 1 atom stereocenters. The normalized spacial score (nSPS) is 18.5. The van der Waals surface area contributed by atoms with E-state index in [1.165, 1.54) is 0 Å². The van der Waals surface area contributed by atoms with Crippen LogP contribution < -0.4 is 9.80 Å². The highest BCUT2D eigenvalue weighted by Gasteiger charge is 2.34. The van der Waals surface area contributed by atoms with Crippen molar-refractivity contribution in [3.05, 3.63) is 53.7 Å². The number of carboxylic acid groups (broad SMARTS) is 1. The average Bonchev–Trinajstić information content (AvgIpc) is 2.72. The lowest BCUT2D eigenvalue weighted by Crippen LogP contribution is -2.50. The van der Waals surface area contributed by atoms with Gasteiger partial charge in [0.2, 0.25) is 0 Å². The van der Waals surface area contributed by atoms with E-state index in [1.807, 2.05) is 19.2 Å². The molecule has 0 aromatic carbocycles. The van der Waals surface area contributed by atoms with E-state index in [0.29, 0.717) is 24.7 Å². The van der Waals surface area contributed by atoms with Crippen LogP contribution >= 0.6 is 0 Å². The molecular formula is C22H23N7O2. The molecule has 0 amide bonds. The first-order valence-corrected chi connectivity index (χ1v) is 10.4. The third-order valence-electron chi connectivity index (χ3n) is 5.99. The lowest BCUT2D eigenvalue weighted by Gasteiger charge is -2.40. The van der Waals surface area contributed by atoms with Gasteiger partial charge in [0.25, 0.3) is 0 Å². The van der Waals surface area contributed by atoms with E-state index >= 15 is 0 Å². The molecule has 3 aromatic heterocycles. The number of anilines is 2. The summed E-state index contributed by atoms with van der Waals surface area (Å²) in [5.74, 6) is 0.935. The van der Waals surface area contributed by atoms with Crippen molar-refractivity contribution in [3.63, 3.8) is 0 Å². The largest absolute Gasteiger partial charge is 0.481 e. The number of pyridine rings is 1. The summed E-state index contributed by atoms with van der Waals surface area (Å²) < 4.78 is 0. The molecule has 0 spiro atoms. The summed E-state index contributed by atoms with van der Waals surface area (Å²) in [6, 6.07) is 5.91. The molecular weight excluding hydrogens is 394 g/mol. The number of aryl methyl sites for hydroxylation is 1. The van der Waals surface area contributed by atoms with Crippen molar-refractivity contribution < 1.29 is 9.90 Å². The molecule has 9 nitrogen and oxygen atoms in total. The summed E-state index contributed by atoms with van der Waals surface area (Å²) in [5.41, 5.74) is 4.02. The SMILES string of the molecule is Cc1cc(N2CC(C(=O)O)C2)cc(N2CCc3nc(-c4ncccn4)ncc3C2C)n1. The topological polar surface area (TPSA) is 108 Å². The fraction of sp³-hybridized carbons (Fsp3) is 0.364. The summed E-state index contributed by atoms with van der Waals surface area (Å²) in [4.78, 5) is 38.0. The molecule has 0 aliphatic carbocycles. The molecule has 9 heteroatoms. The Morgan fingerprint density at radius 2 is 1.87 bits per heavy atom. The minimum absolute atomic E-state index is 0.0693. The van der Waals surface area contributed by atoms with Gasteiger partial charge >= 0.3 is 5.97 Å². The Morgan fingerprint density at radius 1 is 1.10 bits per heavy atom. The van der Waals surface area contributed by atoms with Gasteiger partial charge in [-0.3, -0.25) is 4.79 Å². The molecule has 3 aromatic rings. The van der Waals surface area contributed by atoms with Gasteiger partial charge in [-0.15, -0.1) is 0 Å². The first-order chi connectivity index (χ1) is 15.0. The van der Waals surface area contributed by atoms with Gasteiger partial charge in [-0.1, -0.05) is 0 Å². The van der Waals surface area contributed by atoms with Gasteiger partial charge in [0.1, 0.15) is 5.82 Å². The van der Waals surface area contributed by atoms with Crippen molar-refractivity contribution in [2.75, 3.05) is 29.4 Å². The Kier molecular flexibility index (Phi) is 4.72. The summed E-state index contributed by atoms with van der Waals surface area (Å²) in [6.45, 7) is 5.96. The quantitative estimate of drug-likeness (QED) is 0.684. The van der Waals surface area contributed by atoms with E-state index in [0.717, 1.165) is 41.4 Å². The van der Waals surface area contributed by atoms with E-state index in [4.69, 9.17) is 15.1 Å². The summed E-state index contributed by atoms with van der Waals surface area (Å²) in [6.07, 6.45) is 6.02. The second-order valence-corrected chi connectivity index (χ2v) is 8.05. The maximum absolute atomic E-state index is 11.1. The van der Waals surface area contributed by atoms with Crippen LogP contribution in [0.5, 0.6) is 0 Å². The zero-order chi connectivity index (χ0) is 21.5. The Morgan fingerprint density at radius 3 is 2.61 bits per heavy atom. The van der Waals surface area contributed by atoms with Crippen LogP contribution in [-0.2, 0) is 11.2 Å². The third-order valence-corrected chi connectivity index (χ3v) is 5.99. The Labute approximate surface area is 179 Å². The van der Waals surface area contributed by atoms with E-state index in [2.05, 4.69) is 37.7 Å². The number of aromatic nitrogens is 5. The van der Waals surface area contributed by atoms with Crippen LogP contribution in [0.2, 0.25) is 0 Å². The van der Waals surface area contributed by atoms with Crippen LogP contribution in [0.3, 0.4) is 0 Å². The highest BCUT2D eigenvalue weighted by molar-refractivity contribution is 5.75. The highest BCUT2D eigenvalue weighted by Crippen LogP contribution is 2.35. The summed E-state index contributed by atoms with van der Waals surface area (Å²) in [7, 11) is 0. The van der Waals surface area contributed by atoms with Crippen molar-refractivity contribution in [2.24, 2.45) is 5.92 Å². The maximum Gasteiger partial charge on any atom is 0.310 e. The van der Waals surface area contributed by atoms with E-state index in [-0.39, 0.29) is 12.0 Å².